The average molecular weight is 157 g/mol. The zero-order chi connectivity index (χ0) is 8.43. The molecule has 1 unspecified atom stereocenters. The first-order valence-electron chi connectivity index (χ1n) is 4.06. The Morgan fingerprint density at radius 3 is 2.73 bits per heavy atom. The zero-order valence-electron chi connectivity index (χ0n) is 7.00. The van der Waals surface area contributed by atoms with E-state index >= 15 is 0 Å². The van der Waals surface area contributed by atoms with Crippen molar-refractivity contribution in [3.05, 3.63) is 0 Å². The van der Waals surface area contributed by atoms with Gasteiger partial charge in [-0.05, 0) is 19.3 Å². The van der Waals surface area contributed by atoms with Crippen LogP contribution < -0.4 is 5.32 Å². The fourth-order valence-electron chi connectivity index (χ4n) is 1.08. The van der Waals surface area contributed by atoms with E-state index in [1.165, 1.54) is 0 Å². The lowest BCUT2D eigenvalue weighted by Gasteiger charge is -2.09. The third kappa shape index (κ3) is 2.19. The van der Waals surface area contributed by atoms with E-state index in [-0.39, 0.29) is 24.5 Å². The molecule has 1 fully saturated rings. The van der Waals surface area contributed by atoms with Crippen molar-refractivity contribution in [3.8, 4) is 0 Å². The number of aliphatic hydroxyl groups is 1. The van der Waals surface area contributed by atoms with Crippen molar-refractivity contribution in [1.82, 2.24) is 5.32 Å². The minimum absolute atomic E-state index is 0.0207. The Hall–Kier alpha value is -0.570. The van der Waals surface area contributed by atoms with Gasteiger partial charge in [-0.15, -0.1) is 0 Å². The van der Waals surface area contributed by atoms with Crippen molar-refractivity contribution in [3.63, 3.8) is 0 Å². The van der Waals surface area contributed by atoms with E-state index in [1.807, 2.05) is 0 Å². The predicted octanol–water partition coefficient (Wildman–Crippen LogP) is 0.139. The summed E-state index contributed by atoms with van der Waals surface area (Å²) in [6, 6.07) is -0.102. The molecule has 0 heterocycles. The zero-order valence-corrected chi connectivity index (χ0v) is 7.00. The van der Waals surface area contributed by atoms with Gasteiger partial charge in [-0.25, -0.2) is 0 Å². The number of aliphatic hydroxyl groups excluding tert-OH is 1. The first-order chi connectivity index (χ1) is 5.15. The molecule has 0 aromatic carbocycles. The van der Waals surface area contributed by atoms with E-state index in [4.69, 9.17) is 5.11 Å². The Morgan fingerprint density at radius 2 is 2.36 bits per heavy atom. The van der Waals surface area contributed by atoms with Gasteiger partial charge in [0.1, 0.15) is 0 Å². The Balaban J connectivity index is 2.21. The summed E-state index contributed by atoms with van der Waals surface area (Å²) in [4.78, 5) is 11.2. The lowest BCUT2D eigenvalue weighted by Crippen LogP contribution is -2.36. The van der Waals surface area contributed by atoms with Crippen LogP contribution in [0.1, 0.15) is 20.3 Å². The van der Waals surface area contributed by atoms with E-state index in [9.17, 15) is 4.79 Å². The Morgan fingerprint density at radius 1 is 1.82 bits per heavy atom. The smallest absolute Gasteiger partial charge is 0.223 e. The third-order valence-corrected chi connectivity index (χ3v) is 2.11. The normalized spacial score (nSPS) is 31.2. The summed E-state index contributed by atoms with van der Waals surface area (Å²) in [5, 5.41) is 11.4. The molecule has 1 aliphatic carbocycles. The molecule has 1 saturated carbocycles. The first-order valence-corrected chi connectivity index (χ1v) is 4.06. The molecule has 1 rings (SSSR count). The van der Waals surface area contributed by atoms with Crippen LogP contribution >= 0.6 is 0 Å². The molecule has 3 heteroatoms. The number of carbonyl (C=O) groups is 1. The molecule has 0 bridgehead atoms. The minimum Gasteiger partial charge on any atom is -0.394 e. The van der Waals surface area contributed by atoms with Crippen molar-refractivity contribution in [2.75, 3.05) is 6.61 Å². The largest absolute Gasteiger partial charge is 0.394 e. The first kappa shape index (κ1) is 8.53. The maximum atomic E-state index is 11.2. The number of carbonyl (C=O) groups excluding carboxylic acids is 1. The molecular formula is C8H15NO2. The molecule has 0 aromatic heterocycles. The molecule has 11 heavy (non-hydrogen) atoms. The molecular weight excluding hydrogens is 142 g/mol. The van der Waals surface area contributed by atoms with Gasteiger partial charge in [0.2, 0.25) is 5.91 Å². The quantitative estimate of drug-likeness (QED) is 0.612. The SMILES string of the molecule is CC(CO)NC(=O)[C@@H]1C[C@H]1C. The summed E-state index contributed by atoms with van der Waals surface area (Å²) in [5.74, 6) is 0.851. The van der Waals surface area contributed by atoms with Crippen LogP contribution in [-0.2, 0) is 4.79 Å². The van der Waals surface area contributed by atoms with Crippen LogP contribution in [0.4, 0.5) is 0 Å². The van der Waals surface area contributed by atoms with E-state index in [2.05, 4.69) is 12.2 Å². The van der Waals surface area contributed by atoms with Crippen LogP contribution in [0, 0.1) is 11.8 Å². The summed E-state index contributed by atoms with van der Waals surface area (Å²) in [6.07, 6.45) is 1.00. The van der Waals surface area contributed by atoms with Gasteiger partial charge in [-0.1, -0.05) is 6.92 Å². The highest BCUT2D eigenvalue weighted by Gasteiger charge is 2.39. The number of nitrogens with one attached hydrogen (secondary N) is 1. The van der Waals surface area contributed by atoms with E-state index in [0.717, 1.165) is 6.42 Å². The second-order valence-electron chi connectivity index (χ2n) is 3.41. The van der Waals surface area contributed by atoms with Gasteiger partial charge in [-0.2, -0.15) is 0 Å². The van der Waals surface area contributed by atoms with Crippen molar-refractivity contribution in [2.45, 2.75) is 26.3 Å². The van der Waals surface area contributed by atoms with Gasteiger partial charge in [-0.3, -0.25) is 4.79 Å². The van der Waals surface area contributed by atoms with E-state index in [1.54, 1.807) is 6.92 Å². The highest BCUT2D eigenvalue weighted by molar-refractivity contribution is 5.81. The molecule has 0 radical (unpaired) electrons. The van der Waals surface area contributed by atoms with Gasteiger partial charge >= 0.3 is 0 Å². The van der Waals surface area contributed by atoms with Gasteiger partial charge in [0.05, 0.1) is 6.61 Å². The summed E-state index contributed by atoms with van der Waals surface area (Å²) in [7, 11) is 0. The average Bonchev–Trinajstić information content (AvgIpc) is 2.66. The standard InChI is InChI=1S/C8H15NO2/c1-5-3-7(5)8(11)9-6(2)4-10/h5-7,10H,3-4H2,1-2H3,(H,9,11)/t5-,6?,7-/m1/s1. The molecule has 2 N–H and O–H groups in total. The van der Waals surface area contributed by atoms with Gasteiger partial charge in [0.15, 0.2) is 0 Å². The van der Waals surface area contributed by atoms with Crippen molar-refractivity contribution in [2.24, 2.45) is 11.8 Å². The van der Waals surface area contributed by atoms with Gasteiger partial charge in [0, 0.05) is 12.0 Å². The second kappa shape index (κ2) is 3.22. The number of hydrogen-bond acceptors (Lipinski definition) is 2. The van der Waals surface area contributed by atoms with Crippen molar-refractivity contribution >= 4 is 5.91 Å². The molecule has 0 saturated heterocycles. The van der Waals surface area contributed by atoms with E-state index in [0.29, 0.717) is 5.92 Å². The highest BCUT2D eigenvalue weighted by Crippen LogP contribution is 2.37. The molecule has 3 nitrogen and oxygen atoms in total. The molecule has 1 aliphatic rings. The lowest BCUT2D eigenvalue weighted by atomic mass is 10.3. The summed E-state index contributed by atoms with van der Waals surface area (Å²) < 4.78 is 0. The number of rotatable bonds is 3. The van der Waals surface area contributed by atoms with Crippen molar-refractivity contribution in [1.29, 1.82) is 0 Å². The van der Waals surface area contributed by atoms with Crippen LogP contribution in [-0.4, -0.2) is 23.7 Å². The van der Waals surface area contributed by atoms with E-state index < -0.39 is 0 Å². The predicted molar refractivity (Wildman–Crippen MR) is 42.0 cm³/mol. The molecule has 3 atom stereocenters. The second-order valence-corrected chi connectivity index (χ2v) is 3.41. The fraction of sp³-hybridized carbons (Fsp3) is 0.875. The molecule has 1 amide bonds. The van der Waals surface area contributed by atoms with Crippen LogP contribution in [0.15, 0.2) is 0 Å². The van der Waals surface area contributed by atoms with Gasteiger partial charge in [0.25, 0.3) is 0 Å². The Bertz CT molecular complexity index is 158. The monoisotopic (exact) mass is 157 g/mol. The Labute approximate surface area is 66.8 Å². The van der Waals surface area contributed by atoms with Crippen LogP contribution in [0.5, 0.6) is 0 Å². The summed E-state index contributed by atoms with van der Waals surface area (Å²) in [5.41, 5.74) is 0. The highest BCUT2D eigenvalue weighted by atomic mass is 16.3. The lowest BCUT2D eigenvalue weighted by molar-refractivity contribution is -0.123. The summed E-state index contributed by atoms with van der Waals surface area (Å²) in [6.45, 7) is 3.88. The molecule has 64 valence electrons. The molecule has 0 aromatic rings. The topological polar surface area (TPSA) is 49.3 Å². The maximum absolute atomic E-state index is 11.2. The van der Waals surface area contributed by atoms with Crippen LogP contribution in [0.2, 0.25) is 0 Å². The third-order valence-electron chi connectivity index (χ3n) is 2.11. The van der Waals surface area contributed by atoms with Crippen LogP contribution in [0.25, 0.3) is 0 Å². The number of hydrogen-bond donors (Lipinski definition) is 2. The van der Waals surface area contributed by atoms with Crippen molar-refractivity contribution < 1.29 is 9.90 Å². The Kier molecular flexibility index (Phi) is 2.49. The maximum Gasteiger partial charge on any atom is 0.223 e. The summed E-state index contributed by atoms with van der Waals surface area (Å²) >= 11 is 0. The molecule has 0 spiro atoms. The molecule has 0 aliphatic heterocycles. The van der Waals surface area contributed by atoms with Gasteiger partial charge < -0.3 is 10.4 Å². The minimum atomic E-state index is -0.102. The fourth-order valence-corrected chi connectivity index (χ4v) is 1.08. The van der Waals surface area contributed by atoms with Crippen LogP contribution in [0.3, 0.4) is 0 Å². The number of amides is 1.